The first-order valence-corrected chi connectivity index (χ1v) is 8.81. The number of pyridine rings is 2. The minimum atomic E-state index is 0.540. The highest BCUT2D eigenvalue weighted by molar-refractivity contribution is 6.29. The lowest BCUT2D eigenvalue weighted by Crippen LogP contribution is -2.46. The molecule has 1 aliphatic rings. The molecule has 2 aromatic heterocycles. The van der Waals surface area contributed by atoms with Gasteiger partial charge in [0.15, 0.2) is 0 Å². The zero-order chi connectivity index (χ0) is 17.1. The molecule has 0 amide bonds. The third-order valence-corrected chi connectivity index (χ3v) is 4.74. The van der Waals surface area contributed by atoms with Gasteiger partial charge >= 0.3 is 0 Å². The van der Waals surface area contributed by atoms with Gasteiger partial charge in [0.1, 0.15) is 5.15 Å². The van der Waals surface area contributed by atoms with Gasteiger partial charge in [-0.2, -0.15) is 0 Å². The number of piperazine rings is 1. The fourth-order valence-electron chi connectivity index (χ4n) is 3.26. The average molecular weight is 351 g/mol. The van der Waals surface area contributed by atoms with E-state index in [0.29, 0.717) is 5.15 Å². The maximum absolute atomic E-state index is 6.02. The molecule has 0 bridgehead atoms. The van der Waals surface area contributed by atoms with Crippen LogP contribution in [0.5, 0.6) is 0 Å². The van der Waals surface area contributed by atoms with Crippen LogP contribution in [0.2, 0.25) is 5.15 Å². The lowest BCUT2D eigenvalue weighted by molar-refractivity contribution is 0.653. The fraction of sp³-hybridized carbons (Fsp3) is 0.200. The summed E-state index contributed by atoms with van der Waals surface area (Å²) in [6.07, 6.45) is 3.62. The van der Waals surface area contributed by atoms with Crippen molar-refractivity contribution in [2.24, 2.45) is 0 Å². The van der Waals surface area contributed by atoms with Gasteiger partial charge in [0.05, 0.1) is 11.4 Å². The summed E-state index contributed by atoms with van der Waals surface area (Å²) in [6.45, 7) is 3.80. The number of halogens is 1. The summed E-state index contributed by atoms with van der Waals surface area (Å²) in [6, 6.07) is 18.5. The molecule has 1 aromatic carbocycles. The van der Waals surface area contributed by atoms with Crippen LogP contribution in [-0.2, 0) is 0 Å². The van der Waals surface area contributed by atoms with Crippen molar-refractivity contribution in [2.45, 2.75) is 0 Å². The number of hydrogen-bond acceptors (Lipinski definition) is 4. The predicted octanol–water partition coefficient (Wildman–Crippen LogP) is 4.12. The van der Waals surface area contributed by atoms with E-state index >= 15 is 0 Å². The summed E-state index contributed by atoms with van der Waals surface area (Å²) in [7, 11) is 0. The Morgan fingerprint density at radius 1 is 0.760 bits per heavy atom. The minimum absolute atomic E-state index is 0.540. The van der Waals surface area contributed by atoms with Gasteiger partial charge in [0, 0.05) is 49.8 Å². The molecule has 3 heterocycles. The van der Waals surface area contributed by atoms with Crippen LogP contribution in [0.3, 0.4) is 0 Å². The molecular formula is C20H19ClN4. The van der Waals surface area contributed by atoms with Crippen molar-refractivity contribution in [1.29, 1.82) is 0 Å². The zero-order valence-electron chi connectivity index (χ0n) is 13.8. The lowest BCUT2D eigenvalue weighted by Gasteiger charge is -2.38. The first-order valence-electron chi connectivity index (χ1n) is 8.43. The quantitative estimate of drug-likeness (QED) is 0.665. The molecule has 0 aliphatic carbocycles. The molecular weight excluding hydrogens is 332 g/mol. The Hall–Kier alpha value is -2.59. The zero-order valence-corrected chi connectivity index (χ0v) is 14.6. The van der Waals surface area contributed by atoms with E-state index < -0.39 is 0 Å². The highest BCUT2D eigenvalue weighted by atomic mass is 35.5. The van der Waals surface area contributed by atoms with E-state index in [4.69, 9.17) is 11.6 Å². The second kappa shape index (κ2) is 7.11. The molecule has 25 heavy (non-hydrogen) atoms. The highest BCUT2D eigenvalue weighted by Gasteiger charge is 2.20. The van der Waals surface area contributed by atoms with Gasteiger partial charge in [-0.3, -0.25) is 4.98 Å². The summed E-state index contributed by atoms with van der Waals surface area (Å²) in [5.74, 6) is 0. The SMILES string of the molecule is Clc1cc(N2CCN(c3cccnc3-c3ccccc3)CC2)ccn1. The first-order chi connectivity index (χ1) is 12.3. The second-order valence-electron chi connectivity index (χ2n) is 6.05. The molecule has 126 valence electrons. The molecule has 0 saturated carbocycles. The number of nitrogens with zero attached hydrogens (tertiary/aromatic N) is 4. The van der Waals surface area contributed by atoms with Crippen molar-refractivity contribution in [3.63, 3.8) is 0 Å². The van der Waals surface area contributed by atoms with Crippen LogP contribution in [0.25, 0.3) is 11.3 Å². The molecule has 0 spiro atoms. The lowest BCUT2D eigenvalue weighted by atomic mass is 10.1. The van der Waals surface area contributed by atoms with E-state index in [1.54, 1.807) is 6.20 Å². The number of benzene rings is 1. The summed E-state index contributed by atoms with van der Waals surface area (Å²) >= 11 is 6.02. The van der Waals surface area contributed by atoms with Crippen LogP contribution < -0.4 is 9.80 Å². The third-order valence-electron chi connectivity index (χ3n) is 4.53. The maximum Gasteiger partial charge on any atom is 0.131 e. The molecule has 0 radical (unpaired) electrons. The van der Waals surface area contributed by atoms with Crippen LogP contribution in [0.4, 0.5) is 11.4 Å². The number of hydrogen-bond donors (Lipinski definition) is 0. The number of anilines is 2. The predicted molar refractivity (Wildman–Crippen MR) is 103 cm³/mol. The molecule has 1 saturated heterocycles. The Bertz CT molecular complexity index is 845. The van der Waals surface area contributed by atoms with Crippen molar-refractivity contribution in [2.75, 3.05) is 36.0 Å². The van der Waals surface area contributed by atoms with Gasteiger partial charge in [-0.15, -0.1) is 0 Å². The molecule has 0 atom stereocenters. The summed E-state index contributed by atoms with van der Waals surface area (Å²) < 4.78 is 0. The Balaban J connectivity index is 1.54. The molecule has 3 aromatic rings. The Labute approximate surface area is 152 Å². The Morgan fingerprint density at radius 2 is 1.52 bits per heavy atom. The van der Waals surface area contributed by atoms with Gasteiger partial charge < -0.3 is 9.80 Å². The van der Waals surface area contributed by atoms with Crippen molar-refractivity contribution >= 4 is 23.0 Å². The van der Waals surface area contributed by atoms with Gasteiger partial charge in [-0.25, -0.2) is 4.98 Å². The largest absolute Gasteiger partial charge is 0.368 e. The monoisotopic (exact) mass is 350 g/mol. The normalized spacial score (nSPS) is 14.6. The third kappa shape index (κ3) is 3.44. The Kier molecular flexibility index (Phi) is 4.53. The van der Waals surface area contributed by atoms with Crippen LogP contribution in [-0.4, -0.2) is 36.1 Å². The van der Waals surface area contributed by atoms with Crippen LogP contribution >= 0.6 is 11.6 Å². The van der Waals surface area contributed by atoms with Gasteiger partial charge in [-0.1, -0.05) is 41.9 Å². The molecule has 1 aliphatic heterocycles. The Morgan fingerprint density at radius 3 is 2.28 bits per heavy atom. The van der Waals surface area contributed by atoms with Crippen molar-refractivity contribution in [3.8, 4) is 11.3 Å². The van der Waals surface area contributed by atoms with Crippen LogP contribution in [0, 0.1) is 0 Å². The first kappa shape index (κ1) is 15.9. The van der Waals surface area contributed by atoms with Crippen molar-refractivity contribution in [1.82, 2.24) is 9.97 Å². The number of aromatic nitrogens is 2. The highest BCUT2D eigenvalue weighted by Crippen LogP contribution is 2.30. The van der Waals surface area contributed by atoms with Crippen molar-refractivity contribution in [3.05, 3.63) is 72.1 Å². The van der Waals surface area contributed by atoms with E-state index in [-0.39, 0.29) is 0 Å². The van der Waals surface area contributed by atoms with Crippen LogP contribution in [0.15, 0.2) is 67.0 Å². The summed E-state index contributed by atoms with van der Waals surface area (Å²) in [4.78, 5) is 13.5. The summed E-state index contributed by atoms with van der Waals surface area (Å²) in [5.41, 5.74) is 4.53. The van der Waals surface area contributed by atoms with E-state index in [0.717, 1.165) is 43.1 Å². The molecule has 4 rings (SSSR count). The van der Waals surface area contributed by atoms with Gasteiger partial charge in [-0.05, 0) is 24.3 Å². The maximum atomic E-state index is 6.02. The fourth-order valence-corrected chi connectivity index (χ4v) is 3.43. The van der Waals surface area contributed by atoms with Crippen molar-refractivity contribution < 1.29 is 0 Å². The molecule has 0 N–H and O–H groups in total. The smallest absolute Gasteiger partial charge is 0.131 e. The van der Waals surface area contributed by atoms with E-state index in [9.17, 15) is 0 Å². The molecule has 1 fully saturated rings. The standard InChI is InChI=1S/C20H19ClN4/c21-19-15-17(8-10-22-19)24-11-13-25(14-12-24)18-7-4-9-23-20(18)16-5-2-1-3-6-16/h1-10,15H,11-14H2. The average Bonchev–Trinajstić information content (AvgIpc) is 2.69. The molecule has 4 nitrogen and oxygen atoms in total. The van der Waals surface area contributed by atoms with Gasteiger partial charge in [0.2, 0.25) is 0 Å². The van der Waals surface area contributed by atoms with Gasteiger partial charge in [0.25, 0.3) is 0 Å². The molecule has 5 heteroatoms. The topological polar surface area (TPSA) is 32.3 Å². The van der Waals surface area contributed by atoms with E-state index in [1.165, 1.54) is 5.69 Å². The second-order valence-corrected chi connectivity index (χ2v) is 6.44. The van der Waals surface area contributed by atoms with E-state index in [1.807, 2.05) is 30.5 Å². The van der Waals surface area contributed by atoms with E-state index in [2.05, 4.69) is 50.1 Å². The minimum Gasteiger partial charge on any atom is -0.368 e. The van der Waals surface area contributed by atoms with Crippen LogP contribution in [0.1, 0.15) is 0 Å². The molecule has 0 unspecified atom stereocenters. The number of rotatable bonds is 3. The summed E-state index contributed by atoms with van der Waals surface area (Å²) in [5, 5.41) is 0.540.